The lowest BCUT2D eigenvalue weighted by molar-refractivity contribution is 0.0697. The number of carboxylic acid groups (broad SMARTS) is 1. The first-order valence-corrected chi connectivity index (χ1v) is 7.23. The molecule has 2 aromatic rings. The van der Waals surface area contributed by atoms with Gasteiger partial charge in [-0.1, -0.05) is 20.8 Å². The van der Waals surface area contributed by atoms with Crippen molar-refractivity contribution in [2.75, 3.05) is 18.0 Å². The second-order valence-corrected chi connectivity index (χ2v) is 6.78. The van der Waals surface area contributed by atoms with Gasteiger partial charge in [0.25, 0.3) is 6.01 Å². The van der Waals surface area contributed by atoms with Crippen molar-refractivity contribution >= 4 is 23.1 Å². The first-order chi connectivity index (χ1) is 9.84. The zero-order valence-electron chi connectivity index (χ0n) is 12.6. The predicted molar refractivity (Wildman–Crippen MR) is 80.7 cm³/mol. The Morgan fingerprint density at radius 2 is 2.19 bits per heavy atom. The minimum atomic E-state index is -0.955. The van der Waals surface area contributed by atoms with Crippen molar-refractivity contribution in [2.45, 2.75) is 27.2 Å². The lowest BCUT2D eigenvalue weighted by Gasteiger charge is -2.26. The van der Waals surface area contributed by atoms with Gasteiger partial charge in [-0.25, -0.2) is 4.79 Å². The molecule has 0 saturated carbocycles. The number of oxazole rings is 1. The molecule has 1 atom stereocenters. The van der Waals surface area contributed by atoms with Gasteiger partial charge in [0.1, 0.15) is 5.52 Å². The van der Waals surface area contributed by atoms with Gasteiger partial charge in [-0.15, -0.1) is 0 Å². The van der Waals surface area contributed by atoms with Crippen LogP contribution in [0.1, 0.15) is 37.6 Å². The number of hydrogen-bond acceptors (Lipinski definition) is 4. The largest absolute Gasteiger partial charge is 0.478 e. The Labute approximate surface area is 123 Å². The van der Waals surface area contributed by atoms with Gasteiger partial charge in [0.15, 0.2) is 5.58 Å². The number of aromatic nitrogens is 1. The van der Waals surface area contributed by atoms with Crippen molar-refractivity contribution in [2.24, 2.45) is 11.3 Å². The fourth-order valence-electron chi connectivity index (χ4n) is 2.82. The molecule has 0 amide bonds. The molecule has 1 aromatic heterocycles. The molecule has 1 fully saturated rings. The van der Waals surface area contributed by atoms with Gasteiger partial charge >= 0.3 is 5.97 Å². The summed E-state index contributed by atoms with van der Waals surface area (Å²) in [5.74, 6) is -0.342. The van der Waals surface area contributed by atoms with Crippen molar-refractivity contribution < 1.29 is 14.3 Å². The molecule has 5 nitrogen and oxygen atoms in total. The van der Waals surface area contributed by atoms with E-state index in [1.807, 2.05) is 0 Å². The fraction of sp³-hybridized carbons (Fsp3) is 0.500. The Kier molecular flexibility index (Phi) is 3.15. The quantitative estimate of drug-likeness (QED) is 0.917. The van der Waals surface area contributed by atoms with E-state index in [1.165, 1.54) is 6.07 Å². The third kappa shape index (κ3) is 2.60. The van der Waals surface area contributed by atoms with E-state index >= 15 is 0 Å². The van der Waals surface area contributed by atoms with Gasteiger partial charge in [0.05, 0.1) is 5.56 Å². The van der Waals surface area contributed by atoms with Crippen LogP contribution < -0.4 is 4.90 Å². The zero-order chi connectivity index (χ0) is 15.2. The van der Waals surface area contributed by atoms with Gasteiger partial charge in [-0.05, 0) is 36.0 Å². The average Bonchev–Trinajstić information content (AvgIpc) is 3.03. The van der Waals surface area contributed by atoms with Crippen molar-refractivity contribution in [1.29, 1.82) is 0 Å². The number of hydrogen-bond donors (Lipinski definition) is 1. The van der Waals surface area contributed by atoms with Gasteiger partial charge in [-0.3, -0.25) is 0 Å². The topological polar surface area (TPSA) is 66.6 Å². The van der Waals surface area contributed by atoms with Crippen LogP contribution in [-0.4, -0.2) is 29.1 Å². The number of carbonyl (C=O) groups is 1. The number of rotatable bonds is 2. The van der Waals surface area contributed by atoms with Crippen LogP contribution in [0.2, 0.25) is 0 Å². The number of fused-ring (bicyclic) bond motifs is 1. The fourth-order valence-corrected chi connectivity index (χ4v) is 2.82. The van der Waals surface area contributed by atoms with E-state index in [4.69, 9.17) is 9.52 Å². The molecule has 0 spiro atoms. The monoisotopic (exact) mass is 288 g/mol. The number of nitrogens with zero attached hydrogens (tertiary/aromatic N) is 2. The lowest BCUT2D eigenvalue weighted by Crippen LogP contribution is -2.25. The van der Waals surface area contributed by atoms with Crippen LogP contribution in [0, 0.1) is 11.3 Å². The highest BCUT2D eigenvalue weighted by atomic mass is 16.4. The van der Waals surface area contributed by atoms with Crippen LogP contribution in [-0.2, 0) is 0 Å². The van der Waals surface area contributed by atoms with E-state index in [-0.39, 0.29) is 11.0 Å². The van der Waals surface area contributed by atoms with E-state index in [1.54, 1.807) is 12.1 Å². The maximum Gasteiger partial charge on any atom is 0.335 e. The number of benzene rings is 1. The Morgan fingerprint density at radius 3 is 2.81 bits per heavy atom. The molecule has 21 heavy (non-hydrogen) atoms. The van der Waals surface area contributed by atoms with E-state index < -0.39 is 5.97 Å². The van der Waals surface area contributed by atoms with Crippen LogP contribution in [0.5, 0.6) is 0 Å². The Bertz CT molecular complexity index is 684. The van der Waals surface area contributed by atoms with E-state index in [9.17, 15) is 4.79 Å². The number of anilines is 1. The number of aromatic carboxylic acids is 1. The maximum absolute atomic E-state index is 11.0. The molecule has 1 N–H and O–H groups in total. The molecular formula is C16H20N2O3. The second kappa shape index (κ2) is 4.76. The summed E-state index contributed by atoms with van der Waals surface area (Å²) < 4.78 is 5.76. The summed E-state index contributed by atoms with van der Waals surface area (Å²) in [4.78, 5) is 17.6. The molecule has 5 heteroatoms. The Morgan fingerprint density at radius 1 is 1.43 bits per heavy atom. The molecule has 1 aliphatic heterocycles. The summed E-state index contributed by atoms with van der Waals surface area (Å²) in [5.41, 5.74) is 1.73. The summed E-state index contributed by atoms with van der Waals surface area (Å²) in [6.07, 6.45) is 1.13. The van der Waals surface area contributed by atoms with Crippen LogP contribution in [0.4, 0.5) is 6.01 Å². The first kappa shape index (κ1) is 13.9. The second-order valence-electron chi connectivity index (χ2n) is 6.78. The van der Waals surface area contributed by atoms with Crippen molar-refractivity contribution in [3.05, 3.63) is 23.8 Å². The summed E-state index contributed by atoms with van der Waals surface area (Å²) >= 11 is 0. The molecular weight excluding hydrogens is 268 g/mol. The smallest absolute Gasteiger partial charge is 0.335 e. The van der Waals surface area contributed by atoms with Crippen LogP contribution >= 0.6 is 0 Å². The van der Waals surface area contributed by atoms with Gasteiger partial charge < -0.3 is 14.4 Å². The molecule has 3 rings (SSSR count). The Hall–Kier alpha value is -2.04. The minimum Gasteiger partial charge on any atom is -0.478 e. The summed E-state index contributed by atoms with van der Waals surface area (Å²) in [6, 6.07) is 5.38. The highest BCUT2D eigenvalue weighted by molar-refractivity contribution is 5.92. The van der Waals surface area contributed by atoms with Crippen molar-refractivity contribution in [3.63, 3.8) is 0 Å². The van der Waals surface area contributed by atoms with Gasteiger partial charge in [0.2, 0.25) is 0 Å². The standard InChI is InChI=1S/C16H20N2O3/c1-16(2,3)11-6-7-18(9-11)15-17-12-5-4-10(14(19)20)8-13(12)21-15/h4-5,8,11H,6-7,9H2,1-3H3,(H,19,20). The average molecular weight is 288 g/mol. The van der Waals surface area contributed by atoms with E-state index in [0.29, 0.717) is 23.0 Å². The SMILES string of the molecule is CC(C)(C)C1CCN(c2nc3ccc(C(=O)O)cc3o2)C1. The molecule has 1 saturated heterocycles. The normalized spacial score (nSPS) is 19.4. The predicted octanol–water partition coefficient (Wildman–Crippen LogP) is 3.40. The molecule has 1 aliphatic rings. The maximum atomic E-state index is 11.0. The van der Waals surface area contributed by atoms with Crippen molar-refractivity contribution in [1.82, 2.24) is 4.98 Å². The highest BCUT2D eigenvalue weighted by Gasteiger charge is 2.33. The van der Waals surface area contributed by atoms with Crippen LogP contribution in [0.3, 0.4) is 0 Å². The van der Waals surface area contributed by atoms with Crippen LogP contribution in [0.25, 0.3) is 11.1 Å². The Balaban J connectivity index is 1.87. The lowest BCUT2D eigenvalue weighted by atomic mass is 9.80. The summed E-state index contributed by atoms with van der Waals surface area (Å²) in [6.45, 7) is 8.63. The molecule has 0 radical (unpaired) electrons. The van der Waals surface area contributed by atoms with E-state index in [0.717, 1.165) is 19.5 Å². The highest BCUT2D eigenvalue weighted by Crippen LogP contribution is 2.36. The van der Waals surface area contributed by atoms with Crippen molar-refractivity contribution in [3.8, 4) is 0 Å². The molecule has 0 bridgehead atoms. The third-order valence-electron chi connectivity index (χ3n) is 4.31. The van der Waals surface area contributed by atoms with E-state index in [2.05, 4.69) is 30.7 Å². The van der Waals surface area contributed by atoms with Gasteiger partial charge in [-0.2, -0.15) is 4.98 Å². The van der Waals surface area contributed by atoms with Gasteiger partial charge in [0, 0.05) is 13.1 Å². The number of carboxylic acids is 1. The zero-order valence-corrected chi connectivity index (χ0v) is 12.6. The molecule has 1 unspecified atom stereocenters. The molecule has 2 heterocycles. The first-order valence-electron chi connectivity index (χ1n) is 7.23. The third-order valence-corrected chi connectivity index (χ3v) is 4.31. The van der Waals surface area contributed by atoms with Crippen LogP contribution in [0.15, 0.2) is 22.6 Å². The molecule has 0 aliphatic carbocycles. The molecule has 1 aromatic carbocycles. The minimum absolute atomic E-state index is 0.221. The summed E-state index contributed by atoms with van der Waals surface area (Å²) in [5, 5.41) is 9.01. The summed E-state index contributed by atoms with van der Waals surface area (Å²) in [7, 11) is 0. The molecule has 112 valence electrons.